The zero-order valence-corrected chi connectivity index (χ0v) is 19.8. The Bertz CT molecular complexity index is 1360. The van der Waals surface area contributed by atoms with Gasteiger partial charge in [-0.2, -0.15) is 5.10 Å². The van der Waals surface area contributed by atoms with Crippen molar-refractivity contribution in [1.82, 2.24) is 20.1 Å². The van der Waals surface area contributed by atoms with Gasteiger partial charge in [-0.3, -0.25) is 10.1 Å². The number of hydrogen-bond donors (Lipinski definition) is 1. The molecule has 2 aliphatic rings. The summed E-state index contributed by atoms with van der Waals surface area (Å²) in [5.41, 5.74) is 5.45. The predicted molar refractivity (Wildman–Crippen MR) is 134 cm³/mol. The molecule has 0 atom stereocenters. The molecule has 0 radical (unpaired) electrons. The number of fused-ring (bicyclic) bond motifs is 6. The van der Waals surface area contributed by atoms with Crippen LogP contribution in [-0.2, 0) is 11.3 Å². The molecule has 6 rings (SSSR count). The van der Waals surface area contributed by atoms with Gasteiger partial charge in [0.05, 0.1) is 42.9 Å². The standard InChI is InChI=1S/C27H28FN5O2/c1-32-8-10-33(11-9-32)24-7-6-18-14-25(24)35-13-3-12-34-17-19-4-2-5-21(28)26(19)22-15-20-23(16-29-22)30-31-27(18)20/h2,4-7,14-16H,3,8-13,17H2,1H3,(H,30,31). The number of hydrogen-bond acceptors (Lipinski definition) is 6. The minimum absolute atomic E-state index is 0.311. The lowest BCUT2D eigenvalue weighted by molar-refractivity contribution is 0.107. The van der Waals surface area contributed by atoms with E-state index in [1.807, 2.05) is 12.1 Å². The van der Waals surface area contributed by atoms with Crippen molar-refractivity contribution in [3.8, 4) is 28.3 Å². The first kappa shape index (κ1) is 22.0. The summed E-state index contributed by atoms with van der Waals surface area (Å²) in [5.74, 6) is 0.538. The zero-order valence-electron chi connectivity index (χ0n) is 19.8. The van der Waals surface area contributed by atoms with Crippen molar-refractivity contribution in [3.63, 3.8) is 0 Å². The molecule has 180 valence electrons. The highest BCUT2D eigenvalue weighted by Gasteiger charge is 2.21. The van der Waals surface area contributed by atoms with Gasteiger partial charge >= 0.3 is 0 Å². The molecule has 1 N–H and O–H groups in total. The molecule has 0 aliphatic carbocycles. The van der Waals surface area contributed by atoms with E-state index >= 15 is 0 Å². The summed E-state index contributed by atoms with van der Waals surface area (Å²) < 4.78 is 27.2. The van der Waals surface area contributed by atoms with Crippen LogP contribution in [-0.4, -0.2) is 66.5 Å². The molecule has 0 saturated carbocycles. The van der Waals surface area contributed by atoms with Crippen LogP contribution < -0.4 is 9.64 Å². The maximum absolute atomic E-state index is 15.0. The Morgan fingerprint density at radius 3 is 2.80 bits per heavy atom. The molecule has 35 heavy (non-hydrogen) atoms. The van der Waals surface area contributed by atoms with E-state index in [0.29, 0.717) is 31.1 Å². The Kier molecular flexibility index (Phi) is 5.83. The average Bonchev–Trinajstić information content (AvgIpc) is 3.29. The molecule has 4 aromatic rings. The SMILES string of the molecule is CN1CCN(c2ccc3cc2OCCCOCc2cccc(F)c2-c2cc4c-3n[nH]c4cn2)CC1. The van der Waals surface area contributed by atoms with Crippen LogP contribution in [0.2, 0.25) is 0 Å². The molecule has 8 heteroatoms. The van der Waals surface area contributed by atoms with Crippen molar-refractivity contribution in [3.05, 3.63) is 60.0 Å². The van der Waals surface area contributed by atoms with E-state index in [4.69, 9.17) is 9.47 Å². The molecule has 0 amide bonds. The topological polar surface area (TPSA) is 66.5 Å². The summed E-state index contributed by atoms with van der Waals surface area (Å²) in [6.45, 7) is 5.32. The Hall–Kier alpha value is -3.49. The number of aromatic amines is 1. The van der Waals surface area contributed by atoms with Gasteiger partial charge in [-0.05, 0) is 36.9 Å². The van der Waals surface area contributed by atoms with Gasteiger partial charge in [-0.25, -0.2) is 4.39 Å². The second-order valence-corrected chi connectivity index (χ2v) is 9.19. The summed E-state index contributed by atoms with van der Waals surface area (Å²) in [6.07, 6.45) is 2.45. The van der Waals surface area contributed by atoms with Crippen molar-refractivity contribution >= 4 is 16.6 Å². The first-order valence-corrected chi connectivity index (χ1v) is 12.1. The number of nitrogens with zero attached hydrogens (tertiary/aromatic N) is 4. The van der Waals surface area contributed by atoms with Crippen molar-refractivity contribution in [2.75, 3.05) is 51.3 Å². The summed E-state index contributed by atoms with van der Waals surface area (Å²) >= 11 is 0. The van der Waals surface area contributed by atoms with Crippen LogP contribution in [0.5, 0.6) is 5.75 Å². The lowest BCUT2D eigenvalue weighted by Gasteiger charge is -2.35. The van der Waals surface area contributed by atoms with Crippen LogP contribution in [0.4, 0.5) is 10.1 Å². The minimum Gasteiger partial charge on any atom is -0.491 e. The number of ether oxygens (including phenoxy) is 2. The fourth-order valence-electron chi connectivity index (χ4n) is 4.86. The molecule has 4 bridgehead atoms. The van der Waals surface area contributed by atoms with Gasteiger partial charge in [0, 0.05) is 49.1 Å². The summed E-state index contributed by atoms with van der Waals surface area (Å²) in [4.78, 5) is 9.27. The van der Waals surface area contributed by atoms with Gasteiger partial charge in [0.15, 0.2) is 0 Å². The number of halogens is 1. The van der Waals surface area contributed by atoms with Crippen molar-refractivity contribution in [1.29, 1.82) is 0 Å². The predicted octanol–water partition coefficient (Wildman–Crippen LogP) is 4.48. The molecule has 0 unspecified atom stereocenters. The molecule has 1 fully saturated rings. The highest BCUT2D eigenvalue weighted by atomic mass is 19.1. The number of pyridine rings is 1. The summed E-state index contributed by atoms with van der Waals surface area (Å²) in [5, 5.41) is 8.56. The van der Waals surface area contributed by atoms with Gasteiger partial charge in [-0.1, -0.05) is 18.2 Å². The van der Waals surface area contributed by atoms with Crippen molar-refractivity contribution in [2.24, 2.45) is 0 Å². The molecule has 2 aromatic carbocycles. The fourth-order valence-corrected chi connectivity index (χ4v) is 4.86. The Morgan fingerprint density at radius 1 is 1.03 bits per heavy atom. The number of likely N-dealkylation sites (N-methyl/N-ethyl adjacent to an activating group) is 1. The van der Waals surface area contributed by atoms with E-state index in [9.17, 15) is 4.39 Å². The van der Waals surface area contributed by atoms with Crippen molar-refractivity contribution < 1.29 is 13.9 Å². The Balaban J connectivity index is 1.47. The van der Waals surface area contributed by atoms with Gasteiger partial charge < -0.3 is 19.3 Å². The van der Waals surface area contributed by atoms with Gasteiger partial charge in [0.1, 0.15) is 17.3 Å². The van der Waals surface area contributed by atoms with E-state index in [2.05, 4.69) is 50.2 Å². The second kappa shape index (κ2) is 9.28. The molecule has 2 aromatic heterocycles. The normalized spacial score (nSPS) is 17.0. The molecule has 4 heterocycles. The van der Waals surface area contributed by atoms with Gasteiger partial charge in [-0.15, -0.1) is 0 Å². The van der Waals surface area contributed by atoms with Gasteiger partial charge in [0.25, 0.3) is 0 Å². The molecule has 2 aliphatic heterocycles. The number of benzene rings is 2. The quantitative estimate of drug-likeness (QED) is 0.440. The van der Waals surface area contributed by atoms with E-state index in [0.717, 1.165) is 71.8 Å². The van der Waals surface area contributed by atoms with E-state index in [1.54, 1.807) is 12.3 Å². The van der Waals surface area contributed by atoms with Crippen LogP contribution in [0.3, 0.4) is 0 Å². The molecular formula is C27H28FN5O2. The molecule has 0 spiro atoms. The van der Waals surface area contributed by atoms with E-state index in [-0.39, 0.29) is 5.82 Å². The van der Waals surface area contributed by atoms with Crippen LogP contribution in [0.15, 0.2) is 48.7 Å². The highest BCUT2D eigenvalue weighted by Crippen LogP contribution is 2.37. The maximum atomic E-state index is 15.0. The third-order valence-corrected chi connectivity index (χ3v) is 6.83. The third-order valence-electron chi connectivity index (χ3n) is 6.83. The number of H-pyrrole nitrogens is 1. The van der Waals surface area contributed by atoms with E-state index < -0.39 is 0 Å². The summed E-state index contributed by atoms with van der Waals surface area (Å²) in [7, 11) is 2.15. The third kappa shape index (κ3) is 4.24. The zero-order chi connectivity index (χ0) is 23.8. The van der Waals surface area contributed by atoms with Crippen molar-refractivity contribution in [2.45, 2.75) is 13.0 Å². The molecule has 7 nitrogen and oxygen atoms in total. The average molecular weight is 474 g/mol. The fraction of sp³-hybridized carbons (Fsp3) is 0.333. The lowest BCUT2D eigenvalue weighted by atomic mass is 10.0. The minimum atomic E-state index is -0.311. The first-order valence-electron chi connectivity index (χ1n) is 12.1. The van der Waals surface area contributed by atoms with Crippen LogP contribution in [0.25, 0.3) is 33.4 Å². The highest BCUT2D eigenvalue weighted by molar-refractivity contribution is 5.95. The van der Waals surface area contributed by atoms with Crippen LogP contribution in [0.1, 0.15) is 12.0 Å². The monoisotopic (exact) mass is 473 g/mol. The van der Waals surface area contributed by atoms with Crippen LogP contribution in [0, 0.1) is 5.82 Å². The van der Waals surface area contributed by atoms with E-state index in [1.165, 1.54) is 6.07 Å². The lowest BCUT2D eigenvalue weighted by Crippen LogP contribution is -2.44. The number of nitrogens with one attached hydrogen (secondary N) is 1. The number of rotatable bonds is 1. The molecule has 1 saturated heterocycles. The van der Waals surface area contributed by atoms with Crippen LogP contribution >= 0.6 is 0 Å². The smallest absolute Gasteiger partial charge is 0.143 e. The van der Waals surface area contributed by atoms with Gasteiger partial charge in [0.2, 0.25) is 0 Å². The second-order valence-electron chi connectivity index (χ2n) is 9.19. The Labute approximate surface area is 203 Å². The number of piperazine rings is 1. The molecular weight excluding hydrogens is 445 g/mol. The number of anilines is 1. The number of aromatic nitrogens is 3. The summed E-state index contributed by atoms with van der Waals surface area (Å²) in [6, 6.07) is 13.3. The Morgan fingerprint density at radius 2 is 1.91 bits per heavy atom. The largest absolute Gasteiger partial charge is 0.491 e. The first-order chi connectivity index (χ1) is 17.2. The maximum Gasteiger partial charge on any atom is 0.143 e.